The zero-order valence-electron chi connectivity index (χ0n) is 11.7. The zero-order valence-corrected chi connectivity index (χ0v) is 13.4. The van der Waals surface area contributed by atoms with E-state index in [9.17, 15) is 31.0 Å². The van der Waals surface area contributed by atoms with E-state index in [0.29, 0.717) is 12.1 Å². The molecule has 0 radical (unpaired) electrons. The van der Waals surface area contributed by atoms with Crippen LogP contribution in [0, 0.1) is 0 Å². The van der Waals surface area contributed by atoms with Gasteiger partial charge < -0.3 is 9.84 Å². The van der Waals surface area contributed by atoms with Gasteiger partial charge in [-0.15, -0.1) is 0 Å². The minimum atomic E-state index is -5.40. The summed E-state index contributed by atoms with van der Waals surface area (Å²) in [6.07, 6.45) is -0.718. The predicted octanol–water partition coefficient (Wildman–Crippen LogP) is 0.443. The SMILES string of the molecule is CC(C)OC(=O)c1ccc(C(=O)O)c(S(=O)(=O)O)c1S(=O)(=O)O. The lowest BCUT2D eigenvalue weighted by atomic mass is 10.1. The molecule has 0 spiro atoms. The fraction of sp³-hybridized carbons (Fsp3) is 0.273. The van der Waals surface area contributed by atoms with Crippen LogP contribution in [0.3, 0.4) is 0 Å². The van der Waals surface area contributed by atoms with Crippen LogP contribution in [-0.4, -0.2) is 49.1 Å². The Labute approximate surface area is 131 Å². The number of carboxylic acids is 1. The van der Waals surface area contributed by atoms with Crippen LogP contribution in [0.1, 0.15) is 34.6 Å². The second kappa shape index (κ2) is 6.23. The monoisotopic (exact) mass is 368 g/mol. The fourth-order valence-corrected chi connectivity index (χ4v) is 3.86. The van der Waals surface area contributed by atoms with Crippen LogP contribution in [0.2, 0.25) is 0 Å². The van der Waals surface area contributed by atoms with Crippen molar-refractivity contribution in [2.45, 2.75) is 29.7 Å². The molecule has 0 aliphatic rings. The normalized spacial score (nSPS) is 12.2. The fourth-order valence-electron chi connectivity index (χ4n) is 1.68. The number of ether oxygens (including phenoxy) is 1. The number of benzene rings is 1. The highest BCUT2D eigenvalue weighted by Crippen LogP contribution is 2.29. The maximum absolute atomic E-state index is 11.9. The molecule has 1 rings (SSSR count). The third kappa shape index (κ3) is 4.25. The number of aromatic carboxylic acids is 1. The molecular weight excluding hydrogens is 356 g/mol. The second-order valence-electron chi connectivity index (χ2n) is 4.53. The molecule has 0 heterocycles. The first-order valence-corrected chi connectivity index (χ1v) is 8.71. The lowest BCUT2D eigenvalue weighted by Crippen LogP contribution is -2.21. The van der Waals surface area contributed by atoms with Crippen molar-refractivity contribution >= 4 is 32.2 Å². The van der Waals surface area contributed by atoms with Gasteiger partial charge in [0.25, 0.3) is 20.2 Å². The first-order chi connectivity index (χ1) is 10.3. The van der Waals surface area contributed by atoms with Crippen LogP contribution in [0.25, 0.3) is 0 Å². The molecule has 1 aromatic carbocycles. The Bertz CT molecular complexity index is 864. The van der Waals surface area contributed by atoms with E-state index >= 15 is 0 Å². The van der Waals surface area contributed by atoms with E-state index in [0.717, 1.165) is 0 Å². The summed E-state index contributed by atoms with van der Waals surface area (Å²) in [5, 5.41) is 8.93. The molecule has 0 amide bonds. The maximum Gasteiger partial charge on any atom is 0.339 e. The Hall–Kier alpha value is -2.02. The third-order valence-corrected chi connectivity index (χ3v) is 4.43. The van der Waals surface area contributed by atoms with Crippen LogP contribution >= 0.6 is 0 Å². The van der Waals surface area contributed by atoms with E-state index in [1.165, 1.54) is 13.8 Å². The van der Waals surface area contributed by atoms with Gasteiger partial charge in [-0.25, -0.2) is 9.59 Å². The maximum atomic E-state index is 11.9. The first-order valence-electron chi connectivity index (χ1n) is 5.83. The van der Waals surface area contributed by atoms with Crippen molar-refractivity contribution in [3.63, 3.8) is 0 Å². The van der Waals surface area contributed by atoms with E-state index in [1.807, 2.05) is 0 Å². The minimum absolute atomic E-state index is 0.594. The standard InChI is InChI=1S/C11H12O10S2/c1-5(2)21-11(14)7-4-3-6(10(12)13)8(22(15,16)17)9(7)23(18,19)20/h3-5H,1-2H3,(H,12,13)(H,15,16,17)(H,18,19,20). The largest absolute Gasteiger partial charge is 0.478 e. The van der Waals surface area contributed by atoms with Gasteiger partial charge in [-0.2, -0.15) is 16.8 Å². The van der Waals surface area contributed by atoms with Gasteiger partial charge >= 0.3 is 11.9 Å². The van der Waals surface area contributed by atoms with Crippen molar-refractivity contribution in [1.29, 1.82) is 0 Å². The highest BCUT2D eigenvalue weighted by Gasteiger charge is 2.35. The quantitative estimate of drug-likeness (QED) is 0.489. The highest BCUT2D eigenvalue weighted by molar-refractivity contribution is 7.89. The summed E-state index contributed by atoms with van der Waals surface area (Å²) >= 11 is 0. The molecule has 3 N–H and O–H groups in total. The topological polar surface area (TPSA) is 172 Å². The van der Waals surface area contributed by atoms with Gasteiger partial charge in [0.1, 0.15) is 9.79 Å². The van der Waals surface area contributed by atoms with Gasteiger partial charge in [-0.3, -0.25) is 9.11 Å². The Morgan fingerprint density at radius 3 is 1.70 bits per heavy atom. The van der Waals surface area contributed by atoms with Crippen LogP contribution in [-0.2, 0) is 25.0 Å². The Balaban J connectivity index is 3.98. The van der Waals surface area contributed by atoms with Gasteiger partial charge in [0.2, 0.25) is 0 Å². The number of carbonyl (C=O) groups is 2. The molecule has 0 saturated carbocycles. The van der Waals surface area contributed by atoms with Crippen LogP contribution in [0.5, 0.6) is 0 Å². The smallest absolute Gasteiger partial charge is 0.339 e. The molecule has 0 aromatic heterocycles. The van der Waals surface area contributed by atoms with Gasteiger partial charge in [-0.1, -0.05) is 0 Å². The number of hydrogen-bond acceptors (Lipinski definition) is 7. The summed E-state index contributed by atoms with van der Waals surface area (Å²) in [6.45, 7) is 2.83. The van der Waals surface area contributed by atoms with Crippen LogP contribution in [0.15, 0.2) is 21.9 Å². The summed E-state index contributed by atoms with van der Waals surface area (Å²) in [6, 6.07) is 1.25. The van der Waals surface area contributed by atoms with Gasteiger partial charge in [-0.05, 0) is 26.0 Å². The van der Waals surface area contributed by atoms with Crippen molar-refractivity contribution in [1.82, 2.24) is 0 Å². The summed E-state index contributed by atoms with van der Waals surface area (Å²) in [7, 11) is -10.8. The molecule has 0 unspecified atom stereocenters. The lowest BCUT2D eigenvalue weighted by Gasteiger charge is -2.14. The van der Waals surface area contributed by atoms with E-state index in [-0.39, 0.29) is 0 Å². The third-order valence-electron chi connectivity index (χ3n) is 2.42. The molecule has 0 aliphatic heterocycles. The van der Waals surface area contributed by atoms with Gasteiger partial charge in [0, 0.05) is 0 Å². The summed E-state index contributed by atoms with van der Waals surface area (Å²) in [5.41, 5.74) is -2.07. The predicted molar refractivity (Wildman–Crippen MR) is 73.6 cm³/mol. The molecule has 12 heteroatoms. The lowest BCUT2D eigenvalue weighted by molar-refractivity contribution is 0.0371. The number of carbonyl (C=O) groups excluding carboxylic acids is 1. The summed E-state index contributed by atoms with van der Waals surface area (Å²) in [4.78, 5) is 19.7. The number of esters is 1. The van der Waals surface area contributed by atoms with Gasteiger partial charge in [0.15, 0.2) is 0 Å². The molecule has 10 nitrogen and oxygen atoms in total. The average Bonchev–Trinajstić information content (AvgIpc) is 2.33. The molecule has 0 saturated heterocycles. The van der Waals surface area contributed by atoms with E-state index in [2.05, 4.69) is 0 Å². The van der Waals surface area contributed by atoms with E-state index in [1.54, 1.807) is 0 Å². The molecule has 0 bridgehead atoms. The van der Waals surface area contributed by atoms with Crippen molar-refractivity contribution < 1.29 is 45.4 Å². The number of hydrogen-bond donors (Lipinski definition) is 3. The molecule has 128 valence electrons. The van der Waals surface area contributed by atoms with Crippen LogP contribution < -0.4 is 0 Å². The summed E-state index contributed by atoms with van der Waals surface area (Å²) in [5.74, 6) is -3.22. The second-order valence-corrected chi connectivity index (χ2v) is 7.25. The molecule has 23 heavy (non-hydrogen) atoms. The Morgan fingerprint density at radius 1 is 0.957 bits per heavy atom. The average molecular weight is 368 g/mol. The van der Waals surface area contributed by atoms with Gasteiger partial charge in [0.05, 0.1) is 17.2 Å². The summed E-state index contributed by atoms with van der Waals surface area (Å²) < 4.78 is 68.7. The van der Waals surface area contributed by atoms with Crippen molar-refractivity contribution in [2.24, 2.45) is 0 Å². The van der Waals surface area contributed by atoms with E-state index in [4.69, 9.17) is 14.4 Å². The number of rotatable bonds is 5. The zero-order chi connectivity index (χ0) is 18.2. The van der Waals surface area contributed by atoms with Crippen molar-refractivity contribution in [2.75, 3.05) is 0 Å². The molecule has 1 aromatic rings. The van der Waals surface area contributed by atoms with Crippen molar-refractivity contribution in [3.05, 3.63) is 23.3 Å². The number of carboxylic acid groups (broad SMARTS) is 1. The van der Waals surface area contributed by atoms with E-state index < -0.39 is 59.2 Å². The first kappa shape index (κ1) is 19.0. The Kier molecular flexibility index (Phi) is 5.16. The molecule has 0 aliphatic carbocycles. The Morgan fingerprint density at radius 2 is 1.35 bits per heavy atom. The molecular formula is C11H12O10S2. The molecule has 0 fully saturated rings. The molecule has 0 atom stereocenters. The van der Waals surface area contributed by atoms with Crippen molar-refractivity contribution in [3.8, 4) is 0 Å². The highest BCUT2D eigenvalue weighted by atomic mass is 32.2. The minimum Gasteiger partial charge on any atom is -0.478 e. The van der Waals surface area contributed by atoms with Crippen LogP contribution in [0.4, 0.5) is 0 Å².